The van der Waals surface area contributed by atoms with Crippen LogP contribution in [0.4, 0.5) is 4.39 Å². The van der Waals surface area contributed by atoms with E-state index >= 15 is 0 Å². The van der Waals surface area contributed by atoms with Gasteiger partial charge in [0.25, 0.3) is 5.91 Å². The summed E-state index contributed by atoms with van der Waals surface area (Å²) in [4.78, 5) is 28.0. The summed E-state index contributed by atoms with van der Waals surface area (Å²) in [5, 5.41) is 2.64. The fourth-order valence-electron chi connectivity index (χ4n) is 2.17. The number of hydrogen-bond donors (Lipinski definition) is 2. The zero-order valence-electron chi connectivity index (χ0n) is 14.1. The lowest BCUT2D eigenvalue weighted by Crippen LogP contribution is -2.44. The van der Waals surface area contributed by atoms with Crippen LogP contribution in [0.15, 0.2) is 60.0 Å². The summed E-state index contributed by atoms with van der Waals surface area (Å²) >= 11 is 1.45. The molecule has 0 radical (unpaired) electrons. The van der Waals surface area contributed by atoms with Gasteiger partial charge in [0.05, 0.1) is 12.1 Å². The normalized spacial score (nSPS) is 10.3. The molecular formula is C19H16FN3O3S. The van der Waals surface area contributed by atoms with Crippen LogP contribution in [0.3, 0.4) is 0 Å². The molecule has 138 valence electrons. The topological polar surface area (TPSA) is 80.3 Å². The molecule has 2 aromatic carbocycles. The van der Waals surface area contributed by atoms with Gasteiger partial charge in [-0.1, -0.05) is 30.3 Å². The molecule has 2 N–H and O–H groups in total. The fraction of sp³-hybridized carbons (Fsp3) is 0.105. The average molecular weight is 385 g/mol. The van der Waals surface area contributed by atoms with Crippen molar-refractivity contribution in [1.29, 1.82) is 0 Å². The number of ether oxygens (including phenoxy) is 1. The number of carbonyl (C=O) groups is 2. The average Bonchev–Trinajstić information content (AvgIpc) is 3.15. The molecule has 3 aromatic rings. The van der Waals surface area contributed by atoms with E-state index in [1.54, 1.807) is 5.38 Å². The highest BCUT2D eigenvalue weighted by molar-refractivity contribution is 7.13. The number of nitrogens with zero attached hydrogens (tertiary/aromatic N) is 1. The molecule has 0 saturated carbocycles. The van der Waals surface area contributed by atoms with Crippen LogP contribution in [0.25, 0.3) is 10.6 Å². The first kappa shape index (κ1) is 18.5. The zero-order chi connectivity index (χ0) is 19.1. The Hall–Kier alpha value is -3.26. The number of aromatic nitrogens is 1. The van der Waals surface area contributed by atoms with Crippen molar-refractivity contribution in [3.05, 3.63) is 71.5 Å². The summed E-state index contributed by atoms with van der Waals surface area (Å²) in [7, 11) is 0. The van der Waals surface area contributed by atoms with Crippen LogP contribution >= 0.6 is 11.3 Å². The van der Waals surface area contributed by atoms with Crippen molar-refractivity contribution >= 4 is 23.2 Å². The van der Waals surface area contributed by atoms with Gasteiger partial charge in [0.1, 0.15) is 16.6 Å². The van der Waals surface area contributed by atoms with Gasteiger partial charge in [-0.2, -0.15) is 0 Å². The summed E-state index contributed by atoms with van der Waals surface area (Å²) in [5.41, 5.74) is 6.18. The molecule has 0 bridgehead atoms. The Morgan fingerprint density at radius 2 is 1.70 bits per heavy atom. The third-order valence-electron chi connectivity index (χ3n) is 3.44. The Morgan fingerprint density at radius 1 is 1.00 bits per heavy atom. The summed E-state index contributed by atoms with van der Waals surface area (Å²) in [5.74, 6) is -0.962. The molecule has 8 heteroatoms. The molecule has 1 aromatic heterocycles. The molecule has 0 fully saturated rings. The number of carbonyl (C=O) groups excluding carboxylic acids is 2. The lowest BCUT2D eigenvalue weighted by Gasteiger charge is -2.08. The van der Waals surface area contributed by atoms with E-state index in [9.17, 15) is 14.0 Å². The number of benzene rings is 2. The molecule has 2 amide bonds. The van der Waals surface area contributed by atoms with Crippen LogP contribution in [-0.4, -0.2) is 23.4 Å². The summed E-state index contributed by atoms with van der Waals surface area (Å²) < 4.78 is 18.0. The molecule has 0 aliphatic rings. The van der Waals surface area contributed by atoms with Gasteiger partial charge in [-0.3, -0.25) is 20.4 Å². The Balaban J connectivity index is 1.42. The van der Waals surface area contributed by atoms with Crippen molar-refractivity contribution in [2.45, 2.75) is 6.42 Å². The van der Waals surface area contributed by atoms with Crippen LogP contribution < -0.4 is 15.6 Å². The first-order valence-electron chi connectivity index (χ1n) is 8.06. The van der Waals surface area contributed by atoms with Crippen molar-refractivity contribution in [3.63, 3.8) is 0 Å². The Bertz CT molecular complexity index is 913. The molecule has 0 aliphatic heterocycles. The molecule has 1 heterocycles. The number of thiazole rings is 1. The van der Waals surface area contributed by atoms with Crippen LogP contribution in [0, 0.1) is 5.82 Å². The quantitative estimate of drug-likeness (QED) is 0.640. The molecule has 0 spiro atoms. The Kier molecular flexibility index (Phi) is 6.11. The minimum atomic E-state index is -0.532. The van der Waals surface area contributed by atoms with E-state index in [1.165, 1.54) is 35.6 Å². The molecule has 6 nitrogen and oxygen atoms in total. The second-order valence-corrected chi connectivity index (χ2v) is 6.38. The smallest absolute Gasteiger partial charge is 0.276 e. The van der Waals surface area contributed by atoms with Crippen molar-refractivity contribution in [2.24, 2.45) is 0 Å². The van der Waals surface area contributed by atoms with Gasteiger partial charge in [0.15, 0.2) is 6.61 Å². The SMILES string of the molecule is O=C(COc1ccc(F)cc1)NNC(=O)Cc1csc(-c2ccccc2)n1. The van der Waals surface area contributed by atoms with Crippen LogP contribution in [0.2, 0.25) is 0 Å². The standard InChI is InChI=1S/C19H16FN3O3S/c20-14-6-8-16(9-7-14)26-11-18(25)23-22-17(24)10-15-12-27-19(21-15)13-4-2-1-3-5-13/h1-9,12H,10-11H2,(H,22,24)(H,23,25). The van der Waals surface area contributed by atoms with Crippen molar-refractivity contribution in [1.82, 2.24) is 15.8 Å². The Labute approximate surface area is 159 Å². The third-order valence-corrected chi connectivity index (χ3v) is 4.38. The lowest BCUT2D eigenvalue weighted by molar-refractivity contribution is -0.129. The highest BCUT2D eigenvalue weighted by Crippen LogP contribution is 2.23. The van der Waals surface area contributed by atoms with E-state index in [4.69, 9.17) is 4.74 Å². The highest BCUT2D eigenvalue weighted by atomic mass is 32.1. The van der Waals surface area contributed by atoms with Crippen molar-refractivity contribution in [2.75, 3.05) is 6.61 Å². The molecule has 3 rings (SSSR count). The number of halogens is 1. The van der Waals surface area contributed by atoms with E-state index in [0.29, 0.717) is 11.4 Å². The first-order chi connectivity index (χ1) is 13.1. The number of nitrogens with one attached hydrogen (secondary N) is 2. The minimum absolute atomic E-state index is 0.0441. The molecular weight excluding hydrogens is 369 g/mol. The summed E-state index contributed by atoms with van der Waals surface area (Å²) in [6, 6.07) is 14.9. The Morgan fingerprint density at radius 3 is 2.44 bits per heavy atom. The first-order valence-corrected chi connectivity index (χ1v) is 8.94. The van der Waals surface area contributed by atoms with E-state index in [1.807, 2.05) is 30.3 Å². The van der Waals surface area contributed by atoms with E-state index < -0.39 is 17.6 Å². The van der Waals surface area contributed by atoms with Gasteiger partial charge < -0.3 is 4.74 Å². The maximum absolute atomic E-state index is 12.8. The van der Waals surface area contributed by atoms with E-state index in [2.05, 4.69) is 15.8 Å². The minimum Gasteiger partial charge on any atom is -0.484 e. The van der Waals surface area contributed by atoms with E-state index in [-0.39, 0.29) is 13.0 Å². The van der Waals surface area contributed by atoms with Gasteiger partial charge >= 0.3 is 0 Å². The summed E-state index contributed by atoms with van der Waals surface area (Å²) in [6.45, 7) is -0.305. The second-order valence-electron chi connectivity index (χ2n) is 5.53. The van der Waals surface area contributed by atoms with Gasteiger partial charge in [-0.15, -0.1) is 11.3 Å². The van der Waals surface area contributed by atoms with Gasteiger partial charge in [0, 0.05) is 10.9 Å². The molecule has 0 atom stereocenters. The fourth-order valence-corrected chi connectivity index (χ4v) is 2.99. The predicted molar refractivity (Wildman–Crippen MR) is 99.4 cm³/mol. The molecule has 0 aliphatic carbocycles. The molecule has 27 heavy (non-hydrogen) atoms. The van der Waals surface area contributed by atoms with E-state index in [0.717, 1.165) is 10.6 Å². The molecule has 0 unspecified atom stereocenters. The summed E-state index contributed by atoms with van der Waals surface area (Å²) in [6.07, 6.45) is 0.0441. The zero-order valence-corrected chi connectivity index (χ0v) is 15.0. The lowest BCUT2D eigenvalue weighted by atomic mass is 10.2. The predicted octanol–water partition coefficient (Wildman–Crippen LogP) is 2.72. The van der Waals surface area contributed by atoms with Crippen LogP contribution in [-0.2, 0) is 16.0 Å². The van der Waals surface area contributed by atoms with Crippen LogP contribution in [0.5, 0.6) is 5.75 Å². The molecule has 0 saturated heterocycles. The number of amides is 2. The van der Waals surface area contributed by atoms with Crippen LogP contribution in [0.1, 0.15) is 5.69 Å². The second kappa shape index (κ2) is 8.91. The van der Waals surface area contributed by atoms with Gasteiger partial charge in [0.2, 0.25) is 5.91 Å². The van der Waals surface area contributed by atoms with Crippen molar-refractivity contribution < 1.29 is 18.7 Å². The van der Waals surface area contributed by atoms with Gasteiger partial charge in [-0.25, -0.2) is 9.37 Å². The maximum Gasteiger partial charge on any atom is 0.276 e. The monoisotopic (exact) mass is 385 g/mol. The third kappa shape index (κ3) is 5.61. The number of rotatable bonds is 6. The van der Waals surface area contributed by atoms with Crippen molar-refractivity contribution in [3.8, 4) is 16.3 Å². The highest BCUT2D eigenvalue weighted by Gasteiger charge is 2.10. The number of hydrazine groups is 1. The largest absolute Gasteiger partial charge is 0.484 e. The van der Waals surface area contributed by atoms with Gasteiger partial charge in [-0.05, 0) is 24.3 Å². The maximum atomic E-state index is 12.8. The number of hydrogen-bond acceptors (Lipinski definition) is 5.